The van der Waals surface area contributed by atoms with E-state index in [4.69, 9.17) is 9.90 Å². The highest BCUT2D eigenvalue weighted by Gasteiger charge is 2.38. The summed E-state index contributed by atoms with van der Waals surface area (Å²) < 4.78 is 45.3. The quantitative estimate of drug-likeness (QED) is 0.280. The minimum Gasteiger partial charge on any atom is -0.475 e. The molecule has 2 fully saturated rings. The maximum absolute atomic E-state index is 13.6. The van der Waals surface area contributed by atoms with E-state index in [1.807, 2.05) is 6.07 Å². The molecule has 6 rings (SSSR count). The van der Waals surface area contributed by atoms with Gasteiger partial charge in [-0.25, -0.2) is 14.2 Å². The molecule has 0 spiro atoms. The molecular formula is C32H35F4N5O2. The number of fused-ring (bicyclic) bond motifs is 1. The lowest BCUT2D eigenvalue weighted by molar-refractivity contribution is -0.192. The molecule has 2 aliphatic heterocycles. The number of aromatic amines is 1. The first-order valence-electron chi connectivity index (χ1n) is 14.4. The van der Waals surface area contributed by atoms with Crippen molar-refractivity contribution in [2.75, 3.05) is 46.3 Å². The number of rotatable bonds is 5. The molecule has 0 aliphatic carbocycles. The van der Waals surface area contributed by atoms with Gasteiger partial charge in [0.05, 0.1) is 11.0 Å². The van der Waals surface area contributed by atoms with Crippen molar-refractivity contribution in [2.45, 2.75) is 31.6 Å². The van der Waals surface area contributed by atoms with Crippen molar-refractivity contribution in [1.82, 2.24) is 24.7 Å². The van der Waals surface area contributed by atoms with E-state index in [1.54, 1.807) is 6.07 Å². The average Bonchev–Trinajstić information content (AvgIpc) is 3.42. The number of H-pyrrole nitrogens is 1. The smallest absolute Gasteiger partial charge is 0.475 e. The number of nitrogens with one attached hydrogen (secondary N) is 1. The van der Waals surface area contributed by atoms with Crippen LogP contribution >= 0.6 is 0 Å². The van der Waals surface area contributed by atoms with Crippen LogP contribution in [0.25, 0.3) is 33.5 Å². The summed E-state index contributed by atoms with van der Waals surface area (Å²) in [6.07, 6.45) is -2.46. The van der Waals surface area contributed by atoms with Crippen LogP contribution in [0.4, 0.5) is 17.6 Å². The molecule has 11 heteroatoms. The summed E-state index contributed by atoms with van der Waals surface area (Å²) in [6, 6.07) is 22.7. The molecule has 0 radical (unpaired) electrons. The van der Waals surface area contributed by atoms with Crippen molar-refractivity contribution < 1.29 is 27.5 Å². The Balaban J connectivity index is 0.000000472. The second-order valence-corrected chi connectivity index (χ2v) is 11.2. The number of halogens is 4. The molecule has 4 aromatic rings. The van der Waals surface area contributed by atoms with Gasteiger partial charge in [0.2, 0.25) is 0 Å². The van der Waals surface area contributed by atoms with Crippen molar-refractivity contribution in [1.29, 1.82) is 0 Å². The van der Waals surface area contributed by atoms with E-state index in [2.05, 4.69) is 74.2 Å². The number of hydrogen-bond acceptors (Lipinski definition) is 5. The lowest BCUT2D eigenvalue weighted by atomic mass is 10.0. The van der Waals surface area contributed by atoms with E-state index in [1.165, 1.54) is 62.3 Å². The highest BCUT2D eigenvalue weighted by Crippen LogP contribution is 2.27. The van der Waals surface area contributed by atoms with Crippen molar-refractivity contribution in [3.63, 3.8) is 0 Å². The van der Waals surface area contributed by atoms with Crippen LogP contribution in [0.5, 0.6) is 0 Å². The predicted octanol–water partition coefficient (Wildman–Crippen LogP) is 5.88. The molecule has 0 bridgehead atoms. The number of aliphatic carboxylic acids is 1. The zero-order chi connectivity index (χ0) is 30.6. The SMILES string of the molecule is CN1CCC(N2CCN(Cc3ccc(-c4cccc(-c5nc6ccc(F)cc6[nH]5)c4)cc3)CC2)CC1.O=C(O)C(F)(F)F. The molecule has 0 atom stereocenters. The van der Waals surface area contributed by atoms with E-state index in [9.17, 15) is 17.6 Å². The number of likely N-dealkylation sites (tertiary alicyclic amines) is 1. The number of carboxylic acid groups (broad SMARTS) is 1. The minimum absolute atomic E-state index is 0.259. The number of nitrogens with zero attached hydrogens (tertiary/aromatic N) is 4. The third-order valence-corrected chi connectivity index (χ3v) is 8.13. The van der Waals surface area contributed by atoms with Crippen LogP contribution in [0.3, 0.4) is 0 Å². The van der Waals surface area contributed by atoms with Gasteiger partial charge < -0.3 is 15.0 Å². The first-order valence-corrected chi connectivity index (χ1v) is 14.4. The van der Waals surface area contributed by atoms with E-state index >= 15 is 0 Å². The Hall–Kier alpha value is -3.80. The fourth-order valence-electron chi connectivity index (χ4n) is 5.67. The third kappa shape index (κ3) is 7.98. The van der Waals surface area contributed by atoms with Gasteiger partial charge in [-0.3, -0.25) is 9.80 Å². The van der Waals surface area contributed by atoms with Crippen molar-refractivity contribution >= 4 is 17.0 Å². The number of benzene rings is 3. The Morgan fingerprint density at radius 1 is 0.907 bits per heavy atom. The van der Waals surface area contributed by atoms with E-state index in [0.717, 1.165) is 48.1 Å². The van der Waals surface area contributed by atoms with Crippen molar-refractivity contribution in [2.24, 2.45) is 0 Å². The number of carbonyl (C=O) groups is 1. The van der Waals surface area contributed by atoms with Gasteiger partial charge in [0.15, 0.2) is 0 Å². The number of piperazine rings is 1. The fourth-order valence-corrected chi connectivity index (χ4v) is 5.67. The first kappa shape index (κ1) is 30.7. The number of carboxylic acids is 1. The lowest BCUT2D eigenvalue weighted by Crippen LogP contribution is -2.52. The normalized spacial score (nSPS) is 17.5. The summed E-state index contributed by atoms with van der Waals surface area (Å²) in [5.74, 6) is -2.26. The maximum atomic E-state index is 13.6. The molecule has 7 nitrogen and oxygen atoms in total. The summed E-state index contributed by atoms with van der Waals surface area (Å²) in [5, 5.41) is 7.12. The van der Waals surface area contributed by atoms with Gasteiger partial charge in [-0.2, -0.15) is 13.2 Å². The summed E-state index contributed by atoms with van der Waals surface area (Å²) in [4.78, 5) is 24.5. The van der Waals surface area contributed by atoms with Gasteiger partial charge in [0.1, 0.15) is 11.6 Å². The number of imidazole rings is 1. The maximum Gasteiger partial charge on any atom is 0.490 e. The van der Waals surface area contributed by atoms with Gasteiger partial charge >= 0.3 is 12.1 Å². The van der Waals surface area contributed by atoms with Crippen LogP contribution in [-0.2, 0) is 11.3 Å². The van der Waals surface area contributed by atoms with E-state index in [0.29, 0.717) is 5.52 Å². The molecule has 0 unspecified atom stereocenters. The summed E-state index contributed by atoms with van der Waals surface area (Å²) >= 11 is 0. The van der Waals surface area contributed by atoms with Gasteiger partial charge in [-0.05, 0) is 73.9 Å². The van der Waals surface area contributed by atoms with Crippen LogP contribution in [0.15, 0.2) is 66.7 Å². The van der Waals surface area contributed by atoms with E-state index in [-0.39, 0.29) is 5.82 Å². The van der Waals surface area contributed by atoms with Gasteiger partial charge in [0, 0.05) is 44.3 Å². The Kier molecular flexibility index (Phi) is 9.43. The number of alkyl halides is 3. The molecule has 1 aromatic heterocycles. The highest BCUT2D eigenvalue weighted by molar-refractivity contribution is 5.80. The highest BCUT2D eigenvalue weighted by atomic mass is 19.4. The Bertz CT molecular complexity index is 1520. The fraction of sp³-hybridized carbons (Fsp3) is 0.375. The number of piperidine rings is 1. The zero-order valence-electron chi connectivity index (χ0n) is 23.9. The van der Waals surface area contributed by atoms with Crippen molar-refractivity contribution in [3.8, 4) is 22.5 Å². The topological polar surface area (TPSA) is 75.7 Å². The summed E-state index contributed by atoms with van der Waals surface area (Å²) in [6.45, 7) is 8.16. The molecule has 2 saturated heterocycles. The molecule has 228 valence electrons. The standard InChI is InChI=1S/C30H34FN5.C2HF3O2/c1-34-13-11-27(12-14-34)36-17-15-35(16-18-36)21-22-5-7-23(8-6-22)24-3-2-4-25(19-24)30-32-28-10-9-26(31)20-29(28)33-30;3-2(4,5)1(6)7/h2-10,19-20,27H,11-18,21H2,1H3,(H,32,33);(H,6,7). The van der Waals surface area contributed by atoms with Crippen LogP contribution in [0, 0.1) is 5.82 Å². The van der Waals surface area contributed by atoms with Crippen LogP contribution in [0.1, 0.15) is 18.4 Å². The molecule has 0 amide bonds. The van der Waals surface area contributed by atoms with Crippen LogP contribution in [-0.4, -0.2) is 94.3 Å². The molecule has 0 saturated carbocycles. The molecule has 43 heavy (non-hydrogen) atoms. The van der Waals surface area contributed by atoms with Crippen LogP contribution in [0.2, 0.25) is 0 Å². The second-order valence-electron chi connectivity index (χ2n) is 11.2. The lowest BCUT2D eigenvalue weighted by Gasteiger charge is -2.42. The van der Waals surface area contributed by atoms with Gasteiger partial charge in [-0.15, -0.1) is 0 Å². The Labute approximate surface area is 247 Å². The first-order chi connectivity index (χ1) is 20.5. The largest absolute Gasteiger partial charge is 0.490 e. The predicted molar refractivity (Wildman–Crippen MR) is 158 cm³/mol. The van der Waals surface area contributed by atoms with Gasteiger partial charge in [-0.1, -0.05) is 42.5 Å². The number of aromatic nitrogens is 2. The van der Waals surface area contributed by atoms with Crippen LogP contribution < -0.4 is 0 Å². The molecular weight excluding hydrogens is 562 g/mol. The summed E-state index contributed by atoms with van der Waals surface area (Å²) in [5.41, 5.74) is 6.19. The number of hydrogen-bond donors (Lipinski definition) is 2. The third-order valence-electron chi connectivity index (χ3n) is 8.13. The molecule has 3 aromatic carbocycles. The monoisotopic (exact) mass is 597 g/mol. The van der Waals surface area contributed by atoms with Crippen molar-refractivity contribution in [3.05, 3.63) is 78.1 Å². The minimum atomic E-state index is -5.08. The van der Waals surface area contributed by atoms with Gasteiger partial charge in [0.25, 0.3) is 0 Å². The zero-order valence-corrected chi connectivity index (χ0v) is 23.9. The molecule has 3 heterocycles. The summed E-state index contributed by atoms with van der Waals surface area (Å²) in [7, 11) is 2.24. The van der Waals surface area contributed by atoms with E-state index < -0.39 is 12.1 Å². The Morgan fingerprint density at radius 2 is 1.56 bits per heavy atom. The molecule has 2 aliphatic rings. The molecule has 2 N–H and O–H groups in total. The second kappa shape index (κ2) is 13.2. The Morgan fingerprint density at radius 3 is 2.21 bits per heavy atom. The average molecular weight is 598 g/mol.